The zero-order valence-corrected chi connectivity index (χ0v) is 70.4. The number of hydrogen-bond acceptors (Lipinski definition) is 18. The molecule has 0 aliphatic carbocycles. The van der Waals surface area contributed by atoms with Crippen LogP contribution < -0.4 is 40.8 Å². The number of carbonyl (C=O) groups is 3. The first kappa shape index (κ1) is 81.8. The van der Waals surface area contributed by atoms with Gasteiger partial charge in [-0.2, -0.15) is 0 Å². The van der Waals surface area contributed by atoms with Gasteiger partial charge in [0.1, 0.15) is 31.7 Å². The summed E-state index contributed by atoms with van der Waals surface area (Å²) in [6.07, 6.45) is 2.75. The predicted molar refractivity (Wildman–Crippen MR) is 472 cm³/mol. The molecule has 1 N–H and O–H groups in total. The lowest BCUT2D eigenvalue weighted by Crippen LogP contribution is -2.66. The molecule has 12 heterocycles. The summed E-state index contributed by atoms with van der Waals surface area (Å²) in [6.45, 7) is 2.48. The Bertz CT molecular complexity index is 6810. The Morgan fingerprint density at radius 2 is 0.648 bits per heavy atom. The molecule has 21 nitrogen and oxygen atoms in total. The van der Waals surface area contributed by atoms with Crippen molar-refractivity contribution < 1.29 is 69.5 Å². The van der Waals surface area contributed by atoms with Crippen LogP contribution in [0, 0.1) is 34.9 Å². The number of morpholine rings is 3. The van der Waals surface area contributed by atoms with E-state index in [0.717, 1.165) is 93.0 Å². The van der Waals surface area contributed by atoms with Crippen LogP contribution in [0.2, 0.25) is 0 Å². The molecule has 0 unspecified atom stereocenters. The van der Waals surface area contributed by atoms with Gasteiger partial charge < -0.3 is 43.5 Å². The maximum absolute atomic E-state index is 15.6. The number of nitrogens with zero attached hydrogens (tertiary/aromatic N) is 9. The maximum Gasteiger partial charge on any atom is 0.278 e. The first-order valence-corrected chi connectivity index (χ1v) is 44.6. The molecule has 6 atom stereocenters. The summed E-state index contributed by atoms with van der Waals surface area (Å²) in [4.78, 5) is 88.7. The van der Waals surface area contributed by atoms with Crippen molar-refractivity contribution in [1.82, 2.24) is 28.7 Å². The summed E-state index contributed by atoms with van der Waals surface area (Å²) >= 11 is 4.37. The van der Waals surface area contributed by atoms with E-state index in [1.165, 1.54) is 64.4 Å². The van der Waals surface area contributed by atoms with Gasteiger partial charge in [0.05, 0.1) is 57.8 Å². The molecule has 11 aromatic carbocycles. The van der Waals surface area contributed by atoms with Crippen molar-refractivity contribution in [2.24, 2.45) is 0 Å². The fraction of sp³-hybridized carbons (Fsp3) is 0.204. The highest BCUT2D eigenvalue weighted by Crippen LogP contribution is 2.53. The van der Waals surface area contributed by atoms with Gasteiger partial charge in [-0.15, -0.1) is 35.3 Å². The lowest BCUT2D eigenvalue weighted by atomic mass is 9.91. The minimum Gasteiger partial charge on any atom is -0.502 e. The molecule has 3 fully saturated rings. The smallest absolute Gasteiger partial charge is 0.278 e. The summed E-state index contributed by atoms with van der Waals surface area (Å²) < 4.78 is 125. The molecule has 0 radical (unpaired) electrons. The van der Waals surface area contributed by atoms with Crippen LogP contribution in [0.1, 0.15) is 111 Å². The zero-order valence-electron chi connectivity index (χ0n) is 67.9. The summed E-state index contributed by atoms with van der Waals surface area (Å²) in [5, 5.41) is 22.5. The Hall–Kier alpha value is -13.2. The Morgan fingerprint density at radius 3 is 1.00 bits per heavy atom. The SMILES string of the molecule is O=C1c2c(O)c(=O)ccn2N([C@@H]2c3ccc(F)c(F)c3CSc3c2ccc2ccccc32)[C@H]2COCCN12.O=C1c2c(OCc3ccccc3)c(=O)ccn2N([C@@H]2c3ccc(F)c(F)c3CSc3c2ccc2ccccc32)[C@H]2COCCN12.O=C1c2c(OCc3ccccc3)c(=O)ccn2N([C@H]2c3ccc(F)c(F)c3CSc3c2ccc2ccccc32)[C@@H]2COCCN12. The first-order chi connectivity index (χ1) is 62.5. The lowest BCUT2D eigenvalue weighted by molar-refractivity contribution is -0.0199. The molecule has 0 saturated carbocycles. The third kappa shape index (κ3) is 13.9. The van der Waals surface area contributed by atoms with Crippen LogP contribution >= 0.6 is 35.3 Å². The minimum absolute atomic E-state index is 0.0615. The number of pyridine rings is 3. The van der Waals surface area contributed by atoms with Gasteiger partial charge in [-0.1, -0.05) is 188 Å². The second kappa shape index (κ2) is 33.5. The fourth-order valence-electron chi connectivity index (χ4n) is 19.0. The number of carbonyl (C=O) groups excluding carboxylic acids is 3. The van der Waals surface area contributed by atoms with Gasteiger partial charge >= 0.3 is 0 Å². The largest absolute Gasteiger partial charge is 0.502 e. The van der Waals surface area contributed by atoms with Crippen molar-refractivity contribution in [2.75, 3.05) is 74.3 Å². The van der Waals surface area contributed by atoms with E-state index in [4.69, 9.17) is 23.7 Å². The molecule has 14 aromatic rings. The Kier molecular flexibility index (Phi) is 21.4. The normalized spacial score (nSPS) is 19.4. The average Bonchev–Trinajstić information content (AvgIpc) is 1.35. The third-order valence-corrected chi connectivity index (χ3v) is 28.5. The van der Waals surface area contributed by atoms with Gasteiger partial charge in [-0.05, 0) is 95.0 Å². The number of aromatic nitrogens is 3. The molecule has 9 aliphatic rings. The summed E-state index contributed by atoms with van der Waals surface area (Å²) in [5.74, 6) is -6.79. The second-order valence-corrected chi connectivity index (χ2v) is 34.9. The fourth-order valence-corrected chi connectivity index (χ4v) is 22.8. The van der Waals surface area contributed by atoms with E-state index in [1.807, 2.05) is 185 Å². The van der Waals surface area contributed by atoms with Crippen molar-refractivity contribution >= 4 is 85.3 Å². The highest BCUT2D eigenvalue weighted by Gasteiger charge is 2.51. The van der Waals surface area contributed by atoms with Crippen LogP contribution in [0.25, 0.3) is 32.3 Å². The molecule has 3 aromatic heterocycles. The van der Waals surface area contributed by atoms with E-state index < -0.39 is 99.5 Å². The Balaban J connectivity index is 0.000000117. The molecule has 30 heteroatoms. The van der Waals surface area contributed by atoms with Gasteiger partial charge in [-0.3, -0.25) is 57.8 Å². The van der Waals surface area contributed by atoms with Crippen LogP contribution in [0.15, 0.2) is 272 Å². The number of fused-ring (bicyclic) bond motifs is 18. The number of rotatable bonds is 9. The van der Waals surface area contributed by atoms with Crippen LogP contribution in [-0.4, -0.2) is 129 Å². The molecule has 3 saturated heterocycles. The molecule has 0 bridgehead atoms. The molecular weight excluding hydrogens is 1710 g/mol. The Labute approximate surface area is 739 Å². The highest BCUT2D eigenvalue weighted by atomic mass is 32.2. The number of hydrogen-bond donors (Lipinski definition) is 1. The maximum atomic E-state index is 15.6. The predicted octanol–water partition coefficient (Wildman–Crippen LogP) is 16.1. The van der Waals surface area contributed by atoms with Crippen molar-refractivity contribution in [3.63, 3.8) is 0 Å². The molecule has 128 heavy (non-hydrogen) atoms. The van der Waals surface area contributed by atoms with E-state index in [9.17, 15) is 47.0 Å². The summed E-state index contributed by atoms with van der Waals surface area (Å²) in [7, 11) is 0. The number of aromatic hydroxyl groups is 1. The molecule has 644 valence electrons. The number of amides is 3. The van der Waals surface area contributed by atoms with Gasteiger partial charge in [0.25, 0.3) is 17.7 Å². The van der Waals surface area contributed by atoms with Crippen molar-refractivity contribution in [3.05, 3.63) is 387 Å². The van der Waals surface area contributed by atoms with Crippen molar-refractivity contribution in [2.45, 2.75) is 81.8 Å². The van der Waals surface area contributed by atoms with Crippen LogP contribution in [0.5, 0.6) is 17.2 Å². The van der Waals surface area contributed by atoms with Gasteiger partial charge in [0, 0.05) is 105 Å². The number of ether oxygens (including phenoxy) is 5. The highest BCUT2D eigenvalue weighted by molar-refractivity contribution is 7.99. The molecule has 3 amide bonds. The van der Waals surface area contributed by atoms with Crippen LogP contribution in [0.3, 0.4) is 0 Å². The molecule has 0 spiro atoms. The lowest BCUT2D eigenvalue weighted by Gasteiger charge is -2.51. The van der Waals surface area contributed by atoms with E-state index in [1.54, 1.807) is 54.6 Å². The Morgan fingerprint density at radius 1 is 0.344 bits per heavy atom. The number of benzene rings is 11. The monoisotopic (exact) mass is 1780 g/mol. The second-order valence-electron chi connectivity index (χ2n) is 32.0. The topological polar surface area (TPSA) is 203 Å². The zero-order chi connectivity index (χ0) is 87.4. The molecular formula is C98H75F6N9O12S3. The van der Waals surface area contributed by atoms with Gasteiger partial charge in [0.2, 0.25) is 16.3 Å². The quantitative estimate of drug-likeness (QED) is 0.133. The van der Waals surface area contributed by atoms with Crippen molar-refractivity contribution in [1.29, 1.82) is 0 Å². The van der Waals surface area contributed by atoms with E-state index in [2.05, 4.69) is 0 Å². The van der Waals surface area contributed by atoms with Gasteiger partial charge in [-0.25, -0.2) is 26.3 Å². The van der Waals surface area contributed by atoms with E-state index in [-0.39, 0.29) is 127 Å². The summed E-state index contributed by atoms with van der Waals surface area (Å²) in [6, 6.07) is 64.9. The first-order valence-electron chi connectivity index (χ1n) is 41.6. The third-order valence-electron chi connectivity index (χ3n) is 25.0. The van der Waals surface area contributed by atoms with Crippen LogP contribution in [-0.2, 0) is 44.7 Å². The van der Waals surface area contributed by atoms with E-state index in [0.29, 0.717) is 36.5 Å². The summed E-state index contributed by atoms with van der Waals surface area (Å²) in [5.41, 5.74) is 5.19. The molecule has 23 rings (SSSR count). The number of halogens is 6. The van der Waals surface area contributed by atoms with E-state index >= 15 is 13.2 Å². The van der Waals surface area contributed by atoms with Crippen molar-refractivity contribution in [3.8, 4) is 17.2 Å². The standard InChI is InChI=1S/2C35H27F2N3O4S.C28H21F2N3O4S/c2*36-27-13-12-24-26(30(27)37)20-45-34-23-9-5-4-8-22(23)10-11-25(34)31(24)40-29-19-43-17-16-38(29)35(42)32-33(28(41)14-15-39(32)40)44-18-21-6-2-1-3-7-21;29-20-8-7-17-19(23(20)30)14-38-27-16-4-2-1-3-15(16)5-6-18(27)24(17)33-22-13-37-12-11-31(22)28(36)25-26(35)21(34)9-10-32(25)33/h2*1-15,29,31H,16-20H2;1-10,22,24,35H,11-14H2/t2*29-,31+;22-,24+/m100/s1. The minimum atomic E-state index is -0.933. The molecule has 9 aliphatic heterocycles. The van der Waals surface area contributed by atoms with Crippen LogP contribution in [0.4, 0.5) is 26.3 Å². The average molecular weight is 1780 g/mol. The number of thioether (sulfide) groups is 3. The van der Waals surface area contributed by atoms with Gasteiger partial charge in [0.15, 0.2) is 69.2 Å².